The summed E-state index contributed by atoms with van der Waals surface area (Å²) in [6.07, 6.45) is 0. The van der Waals surface area contributed by atoms with E-state index in [9.17, 15) is 21.6 Å². The van der Waals surface area contributed by atoms with Gasteiger partial charge in [-0.05, 0) is 36.2 Å². The second kappa shape index (κ2) is 6.99. The summed E-state index contributed by atoms with van der Waals surface area (Å²) in [7, 11) is -4.62. The number of halogens is 4. The highest BCUT2D eigenvalue weighted by Gasteiger charge is 2.26. The van der Waals surface area contributed by atoms with Crippen molar-refractivity contribution in [2.45, 2.75) is 18.5 Å². The lowest BCUT2D eigenvalue weighted by Gasteiger charge is -2.08. The summed E-state index contributed by atoms with van der Waals surface area (Å²) in [5, 5.41) is 9.00. The van der Waals surface area contributed by atoms with Gasteiger partial charge in [-0.15, -0.1) is 0 Å². The molecule has 0 amide bonds. The third kappa shape index (κ3) is 3.58. The summed E-state index contributed by atoms with van der Waals surface area (Å²) in [6.45, 7) is 0.682. The molecule has 142 valence electrons. The molecule has 10 heteroatoms. The summed E-state index contributed by atoms with van der Waals surface area (Å²) < 4.78 is 69.4. The molecule has 2 aromatic carbocycles. The van der Waals surface area contributed by atoms with Crippen LogP contribution in [-0.2, 0) is 16.7 Å². The lowest BCUT2D eigenvalue weighted by Crippen LogP contribution is -2.16. The first-order chi connectivity index (χ1) is 12.6. The molecule has 0 spiro atoms. The van der Waals surface area contributed by atoms with Gasteiger partial charge in [0.2, 0.25) is 10.0 Å². The fourth-order valence-electron chi connectivity index (χ4n) is 2.63. The maximum atomic E-state index is 14.2. The zero-order valence-corrected chi connectivity index (χ0v) is 15.3. The molecule has 1 heterocycles. The summed E-state index contributed by atoms with van der Waals surface area (Å²) in [6, 6.07) is 6.33. The maximum absolute atomic E-state index is 14.2. The molecule has 0 radical (unpaired) electrons. The summed E-state index contributed by atoms with van der Waals surface area (Å²) in [5.41, 5.74) is 1.15. The molecule has 0 saturated heterocycles. The van der Waals surface area contributed by atoms with Gasteiger partial charge in [0.15, 0.2) is 17.3 Å². The molecule has 5 nitrogen and oxygen atoms in total. The van der Waals surface area contributed by atoms with Crippen molar-refractivity contribution < 1.29 is 26.1 Å². The van der Waals surface area contributed by atoms with Crippen LogP contribution in [0.5, 0.6) is 0 Å². The first-order valence-electron chi connectivity index (χ1n) is 7.46. The lowest BCUT2D eigenvalue weighted by molar-refractivity contribution is 0.332. The predicted octanol–water partition coefficient (Wildman–Crippen LogP) is 4.37. The van der Waals surface area contributed by atoms with E-state index in [0.717, 1.165) is 17.7 Å². The van der Waals surface area contributed by atoms with Gasteiger partial charge < -0.3 is 4.52 Å². The molecule has 0 atom stereocenters. The first-order valence-corrected chi connectivity index (χ1v) is 9.39. The Morgan fingerprint density at radius 3 is 2.30 bits per heavy atom. The van der Waals surface area contributed by atoms with E-state index in [1.54, 1.807) is 25.1 Å². The minimum atomic E-state index is -4.62. The number of aromatic nitrogens is 1. The molecule has 0 aliphatic carbocycles. The smallest absolute Gasteiger partial charge is 0.243 e. The second-order valence-electron chi connectivity index (χ2n) is 5.74. The van der Waals surface area contributed by atoms with Gasteiger partial charge >= 0.3 is 0 Å². The number of primary sulfonamides is 1. The Labute approximate surface area is 157 Å². The van der Waals surface area contributed by atoms with Crippen LogP contribution in [-0.4, -0.2) is 13.6 Å². The summed E-state index contributed by atoms with van der Waals surface area (Å²) in [5.74, 6) is -3.10. The quantitative estimate of drug-likeness (QED) is 0.684. The Kier molecular flexibility index (Phi) is 5.02. The molecule has 0 fully saturated rings. The molecular formula is C17H12ClF3N2O3S. The minimum absolute atomic E-state index is 0.0174. The number of hydrogen-bond donors (Lipinski definition) is 1. The average Bonchev–Trinajstić information content (AvgIpc) is 2.99. The van der Waals surface area contributed by atoms with Crippen molar-refractivity contribution in [2.24, 2.45) is 5.14 Å². The molecule has 3 rings (SSSR count). The number of hydrogen-bond acceptors (Lipinski definition) is 4. The van der Waals surface area contributed by atoms with Crippen LogP contribution >= 0.6 is 11.6 Å². The van der Waals surface area contributed by atoms with E-state index >= 15 is 0 Å². The second-order valence-corrected chi connectivity index (χ2v) is 7.65. The van der Waals surface area contributed by atoms with Crippen molar-refractivity contribution in [3.05, 3.63) is 58.3 Å². The van der Waals surface area contributed by atoms with Gasteiger partial charge in [-0.3, -0.25) is 0 Å². The fraction of sp³-hybridized carbons (Fsp3) is 0.118. The molecule has 0 saturated carbocycles. The zero-order chi connectivity index (χ0) is 19.9. The average molecular weight is 417 g/mol. The fourth-order valence-corrected chi connectivity index (χ4v) is 3.47. The van der Waals surface area contributed by atoms with E-state index < -0.39 is 33.2 Å². The van der Waals surface area contributed by atoms with Gasteiger partial charge in [0, 0.05) is 10.6 Å². The Balaban J connectivity index is 2.26. The van der Waals surface area contributed by atoms with Gasteiger partial charge in [-0.2, -0.15) is 0 Å². The number of rotatable bonds is 4. The van der Waals surface area contributed by atoms with Crippen molar-refractivity contribution in [2.75, 3.05) is 0 Å². The zero-order valence-electron chi connectivity index (χ0n) is 13.8. The molecule has 0 bridgehead atoms. The Morgan fingerprint density at radius 1 is 1.15 bits per heavy atom. The van der Waals surface area contributed by atoms with E-state index in [0.29, 0.717) is 10.6 Å². The molecule has 0 aliphatic rings. The predicted molar refractivity (Wildman–Crippen MR) is 93.2 cm³/mol. The molecule has 27 heavy (non-hydrogen) atoms. The van der Waals surface area contributed by atoms with Crippen molar-refractivity contribution in [1.29, 1.82) is 0 Å². The molecule has 0 unspecified atom stereocenters. The Bertz CT molecular complexity index is 1120. The normalized spacial score (nSPS) is 11.8. The van der Waals surface area contributed by atoms with E-state index in [2.05, 4.69) is 5.16 Å². The van der Waals surface area contributed by atoms with Crippen molar-refractivity contribution in [3.63, 3.8) is 0 Å². The van der Waals surface area contributed by atoms with Crippen LogP contribution in [0, 0.1) is 18.6 Å². The van der Waals surface area contributed by atoms with Crippen molar-refractivity contribution in [1.82, 2.24) is 5.16 Å². The third-order valence-electron chi connectivity index (χ3n) is 3.90. The molecule has 2 N–H and O–H groups in total. The Hall–Kier alpha value is -2.36. The van der Waals surface area contributed by atoms with Gasteiger partial charge in [0.05, 0.1) is 5.56 Å². The monoisotopic (exact) mass is 416 g/mol. The Morgan fingerprint density at radius 2 is 1.78 bits per heavy atom. The maximum Gasteiger partial charge on any atom is 0.243 e. The van der Waals surface area contributed by atoms with Crippen LogP contribution in [0.3, 0.4) is 0 Å². The van der Waals surface area contributed by atoms with Crippen LogP contribution in [0.2, 0.25) is 5.02 Å². The highest BCUT2D eigenvalue weighted by Crippen LogP contribution is 2.38. The molecular weight excluding hydrogens is 405 g/mol. The van der Waals surface area contributed by atoms with Gasteiger partial charge in [-0.1, -0.05) is 28.9 Å². The third-order valence-corrected chi connectivity index (χ3v) is 5.27. The lowest BCUT2D eigenvalue weighted by atomic mass is 9.98. The summed E-state index contributed by atoms with van der Waals surface area (Å²) in [4.78, 5) is -1.27. The van der Waals surface area contributed by atoms with Gasteiger partial charge in [0.1, 0.15) is 17.3 Å². The van der Waals surface area contributed by atoms with Gasteiger partial charge in [0.25, 0.3) is 0 Å². The SMILES string of the molecule is Cc1ccc(-c2noc(CF)c2-c2cc(F)c(S(N)(=O)=O)c(F)c2)cc1Cl. The van der Waals surface area contributed by atoms with E-state index in [1.807, 2.05) is 0 Å². The van der Waals surface area contributed by atoms with Crippen LogP contribution < -0.4 is 5.14 Å². The standard InChI is InChI=1S/C17H12ClF3N2O3S/c1-8-2-3-9(4-11(8)18)16-15(14(7-19)26-23-16)10-5-12(20)17(13(21)6-10)27(22,24)25/h2-6H,7H2,1H3,(H2,22,24,25). The number of nitrogens with two attached hydrogens (primary N) is 1. The number of alkyl halides is 1. The van der Waals surface area contributed by atoms with Crippen LogP contribution in [0.1, 0.15) is 11.3 Å². The number of nitrogens with zero attached hydrogens (tertiary/aromatic N) is 1. The molecule has 0 aliphatic heterocycles. The minimum Gasteiger partial charge on any atom is -0.357 e. The van der Waals surface area contributed by atoms with E-state index in [4.69, 9.17) is 21.3 Å². The van der Waals surface area contributed by atoms with Crippen LogP contribution in [0.4, 0.5) is 13.2 Å². The highest BCUT2D eigenvalue weighted by molar-refractivity contribution is 7.89. The number of benzene rings is 2. The van der Waals surface area contributed by atoms with Crippen LogP contribution in [0.25, 0.3) is 22.4 Å². The molecule has 3 aromatic rings. The molecule has 1 aromatic heterocycles. The van der Waals surface area contributed by atoms with Crippen LogP contribution in [0.15, 0.2) is 39.8 Å². The number of aryl methyl sites for hydroxylation is 1. The van der Waals surface area contributed by atoms with E-state index in [1.165, 1.54) is 0 Å². The number of sulfonamides is 1. The van der Waals surface area contributed by atoms with E-state index in [-0.39, 0.29) is 22.6 Å². The highest BCUT2D eigenvalue weighted by atomic mass is 35.5. The van der Waals surface area contributed by atoms with Crippen molar-refractivity contribution in [3.8, 4) is 22.4 Å². The topological polar surface area (TPSA) is 86.2 Å². The largest absolute Gasteiger partial charge is 0.357 e. The first kappa shape index (κ1) is 19.4. The van der Waals surface area contributed by atoms with Gasteiger partial charge in [-0.25, -0.2) is 26.7 Å². The van der Waals surface area contributed by atoms with Crippen molar-refractivity contribution >= 4 is 21.6 Å². The summed E-state index contributed by atoms with van der Waals surface area (Å²) >= 11 is 6.09.